The zero-order valence-corrected chi connectivity index (χ0v) is 23.0. The van der Waals surface area contributed by atoms with Gasteiger partial charge in [0.05, 0.1) is 33.9 Å². The SMILES string of the molecule is O=C(NCc1cccc(CN(CCNCc2ncc[nH]2)C2CCCc3cccnc32)c1)c1c(Cl)cncc1Cl. The van der Waals surface area contributed by atoms with Crippen LogP contribution in [-0.2, 0) is 26.1 Å². The first-order valence-corrected chi connectivity index (χ1v) is 13.9. The first-order valence-electron chi connectivity index (χ1n) is 13.1. The number of carbonyl (C=O) groups is 1. The molecule has 3 aromatic heterocycles. The van der Waals surface area contributed by atoms with E-state index in [1.54, 1.807) is 6.20 Å². The highest BCUT2D eigenvalue weighted by atomic mass is 35.5. The van der Waals surface area contributed by atoms with Crippen LogP contribution in [0.2, 0.25) is 10.0 Å². The van der Waals surface area contributed by atoms with Gasteiger partial charge in [0.15, 0.2) is 0 Å². The Morgan fingerprint density at radius 1 is 1.05 bits per heavy atom. The number of fused-ring (bicyclic) bond motifs is 1. The van der Waals surface area contributed by atoms with Crippen molar-refractivity contribution in [2.45, 2.75) is 44.9 Å². The highest BCUT2D eigenvalue weighted by Crippen LogP contribution is 2.33. The Labute approximate surface area is 238 Å². The number of aromatic nitrogens is 4. The van der Waals surface area contributed by atoms with Gasteiger partial charge < -0.3 is 15.6 Å². The lowest BCUT2D eigenvalue weighted by atomic mass is 9.90. The maximum atomic E-state index is 12.7. The number of amides is 1. The van der Waals surface area contributed by atoms with E-state index in [1.165, 1.54) is 29.2 Å². The molecule has 3 N–H and O–H groups in total. The fraction of sp³-hybridized carbons (Fsp3) is 0.310. The molecular weight excluding hydrogens is 533 g/mol. The number of hydrogen-bond donors (Lipinski definition) is 3. The highest BCUT2D eigenvalue weighted by molar-refractivity contribution is 6.39. The van der Waals surface area contributed by atoms with Gasteiger partial charge in [0.25, 0.3) is 5.91 Å². The number of aromatic amines is 1. The molecule has 0 aliphatic heterocycles. The first kappa shape index (κ1) is 27.3. The summed E-state index contributed by atoms with van der Waals surface area (Å²) in [5, 5.41) is 6.89. The average molecular weight is 565 g/mol. The van der Waals surface area contributed by atoms with E-state index < -0.39 is 0 Å². The van der Waals surface area contributed by atoms with Crippen molar-refractivity contribution in [3.63, 3.8) is 0 Å². The third kappa shape index (κ3) is 7.02. The van der Waals surface area contributed by atoms with Crippen LogP contribution in [0.15, 0.2) is 67.4 Å². The normalized spacial score (nSPS) is 14.8. The monoisotopic (exact) mass is 563 g/mol. The Bertz CT molecular complexity index is 1380. The zero-order chi connectivity index (χ0) is 27.0. The minimum atomic E-state index is -0.327. The molecule has 1 unspecified atom stereocenters. The lowest BCUT2D eigenvalue weighted by molar-refractivity contribution is 0.0951. The van der Waals surface area contributed by atoms with Gasteiger partial charge in [-0.05, 0) is 42.0 Å². The van der Waals surface area contributed by atoms with Gasteiger partial charge in [-0.1, -0.05) is 53.5 Å². The second-order valence-corrected chi connectivity index (χ2v) is 10.4. The Morgan fingerprint density at radius 3 is 2.72 bits per heavy atom. The Hall–Kier alpha value is -3.30. The molecule has 10 heteroatoms. The minimum absolute atomic E-state index is 0.228. The predicted octanol–water partition coefficient (Wildman–Crippen LogP) is 5.11. The summed E-state index contributed by atoms with van der Waals surface area (Å²) >= 11 is 12.3. The Balaban J connectivity index is 1.28. The molecule has 202 valence electrons. The van der Waals surface area contributed by atoms with Crippen LogP contribution in [0.25, 0.3) is 0 Å². The summed E-state index contributed by atoms with van der Waals surface area (Å²) in [7, 11) is 0. The first-order chi connectivity index (χ1) is 19.1. The molecule has 1 aliphatic carbocycles. The summed E-state index contributed by atoms with van der Waals surface area (Å²) in [5.41, 5.74) is 4.94. The lowest BCUT2D eigenvalue weighted by Crippen LogP contribution is -2.36. The fourth-order valence-electron chi connectivity index (χ4n) is 5.08. The van der Waals surface area contributed by atoms with Crippen LogP contribution in [0.4, 0.5) is 0 Å². The van der Waals surface area contributed by atoms with Gasteiger partial charge in [0.1, 0.15) is 5.82 Å². The number of imidazole rings is 1. The van der Waals surface area contributed by atoms with Crippen molar-refractivity contribution in [3.8, 4) is 0 Å². The van der Waals surface area contributed by atoms with E-state index in [1.807, 2.05) is 30.6 Å². The number of carbonyl (C=O) groups excluding carboxylic acids is 1. The molecule has 0 fully saturated rings. The lowest BCUT2D eigenvalue weighted by Gasteiger charge is -2.35. The Morgan fingerprint density at radius 2 is 1.90 bits per heavy atom. The van der Waals surface area contributed by atoms with Gasteiger partial charge in [-0.3, -0.25) is 19.7 Å². The second kappa shape index (κ2) is 13.2. The van der Waals surface area contributed by atoms with Gasteiger partial charge in [0, 0.05) is 57.2 Å². The van der Waals surface area contributed by atoms with E-state index in [9.17, 15) is 4.79 Å². The molecule has 1 aromatic carbocycles. The van der Waals surface area contributed by atoms with Crippen LogP contribution < -0.4 is 10.6 Å². The van der Waals surface area contributed by atoms with Crippen molar-refractivity contribution in [1.82, 2.24) is 35.5 Å². The molecule has 0 saturated carbocycles. The van der Waals surface area contributed by atoms with E-state index in [0.717, 1.165) is 50.3 Å². The van der Waals surface area contributed by atoms with Gasteiger partial charge in [-0.15, -0.1) is 0 Å². The topological polar surface area (TPSA) is 98.8 Å². The number of halogens is 2. The average Bonchev–Trinajstić information content (AvgIpc) is 3.47. The molecule has 1 atom stereocenters. The van der Waals surface area contributed by atoms with E-state index in [4.69, 9.17) is 28.2 Å². The van der Waals surface area contributed by atoms with Crippen LogP contribution in [-0.4, -0.2) is 43.8 Å². The molecule has 0 bridgehead atoms. The molecular formula is C29H31Cl2N7O. The fourth-order valence-corrected chi connectivity index (χ4v) is 5.62. The molecule has 8 nitrogen and oxygen atoms in total. The summed E-state index contributed by atoms with van der Waals surface area (Å²) in [6.45, 7) is 3.51. The maximum absolute atomic E-state index is 12.7. The van der Waals surface area contributed by atoms with Crippen molar-refractivity contribution in [2.24, 2.45) is 0 Å². The quantitative estimate of drug-likeness (QED) is 0.219. The molecule has 0 spiro atoms. The largest absolute Gasteiger partial charge is 0.348 e. The molecule has 5 rings (SSSR count). The Kier molecular flexibility index (Phi) is 9.21. The molecule has 4 aromatic rings. The number of nitrogens with one attached hydrogen (secondary N) is 3. The number of H-pyrrole nitrogens is 1. The summed E-state index contributed by atoms with van der Waals surface area (Å²) in [4.78, 5) is 31.4. The number of hydrogen-bond acceptors (Lipinski definition) is 6. The van der Waals surface area contributed by atoms with E-state index in [0.29, 0.717) is 13.1 Å². The molecule has 1 aliphatic rings. The van der Waals surface area contributed by atoms with E-state index in [2.05, 4.69) is 48.7 Å². The third-order valence-electron chi connectivity index (χ3n) is 6.94. The van der Waals surface area contributed by atoms with Crippen LogP contribution in [0, 0.1) is 0 Å². The maximum Gasteiger partial charge on any atom is 0.254 e. The van der Waals surface area contributed by atoms with Crippen LogP contribution in [0.3, 0.4) is 0 Å². The summed E-state index contributed by atoms with van der Waals surface area (Å²) in [6, 6.07) is 12.8. The third-order valence-corrected chi connectivity index (χ3v) is 7.51. The zero-order valence-electron chi connectivity index (χ0n) is 21.5. The minimum Gasteiger partial charge on any atom is -0.348 e. The number of aryl methyl sites for hydroxylation is 1. The highest BCUT2D eigenvalue weighted by Gasteiger charge is 2.27. The van der Waals surface area contributed by atoms with Crippen molar-refractivity contribution >= 4 is 29.1 Å². The van der Waals surface area contributed by atoms with Gasteiger partial charge in [-0.25, -0.2) is 4.98 Å². The summed E-state index contributed by atoms with van der Waals surface area (Å²) in [5.74, 6) is 0.599. The summed E-state index contributed by atoms with van der Waals surface area (Å²) in [6.07, 6.45) is 11.6. The van der Waals surface area contributed by atoms with E-state index >= 15 is 0 Å². The number of benzene rings is 1. The smallest absolute Gasteiger partial charge is 0.254 e. The van der Waals surface area contributed by atoms with Crippen molar-refractivity contribution in [2.75, 3.05) is 13.1 Å². The van der Waals surface area contributed by atoms with Gasteiger partial charge >= 0.3 is 0 Å². The predicted molar refractivity (Wildman–Crippen MR) is 152 cm³/mol. The van der Waals surface area contributed by atoms with Crippen molar-refractivity contribution in [3.05, 3.63) is 111 Å². The van der Waals surface area contributed by atoms with Crippen LogP contribution >= 0.6 is 23.2 Å². The molecule has 39 heavy (non-hydrogen) atoms. The summed E-state index contributed by atoms with van der Waals surface area (Å²) < 4.78 is 0. The second-order valence-electron chi connectivity index (χ2n) is 9.62. The molecule has 1 amide bonds. The van der Waals surface area contributed by atoms with Crippen LogP contribution in [0.1, 0.15) is 57.5 Å². The molecule has 0 saturated heterocycles. The number of nitrogens with zero attached hydrogens (tertiary/aromatic N) is 4. The molecule has 3 heterocycles. The number of pyridine rings is 2. The van der Waals surface area contributed by atoms with Gasteiger partial charge in [0.2, 0.25) is 0 Å². The van der Waals surface area contributed by atoms with Gasteiger partial charge in [-0.2, -0.15) is 0 Å². The van der Waals surface area contributed by atoms with Crippen LogP contribution in [0.5, 0.6) is 0 Å². The van der Waals surface area contributed by atoms with Crippen molar-refractivity contribution in [1.29, 1.82) is 0 Å². The van der Waals surface area contributed by atoms with E-state index in [-0.39, 0.29) is 27.6 Å². The van der Waals surface area contributed by atoms with Crippen molar-refractivity contribution < 1.29 is 4.79 Å². The molecule has 0 radical (unpaired) electrons. The number of rotatable bonds is 11. The standard InChI is InChI=1S/C29H31Cl2N7O/c30-23-16-33-17-24(31)27(23)29(39)37-15-20-4-1-5-21(14-20)19-38(13-12-32-18-26-34-10-11-35-26)25-8-2-6-22-7-3-9-36-28(22)25/h1,3-5,7,9-11,14,16-17,25,32H,2,6,8,12-13,15,18-19H2,(H,34,35)(H,37,39).